The second kappa shape index (κ2) is 7.00. The average molecular weight is 308 g/mol. The van der Waals surface area contributed by atoms with Crippen molar-refractivity contribution in [1.29, 1.82) is 0 Å². The number of hydrogen-bond donors (Lipinski definition) is 1. The van der Waals surface area contributed by atoms with E-state index in [4.69, 9.17) is 11.6 Å². The van der Waals surface area contributed by atoms with Gasteiger partial charge in [0, 0.05) is 22.9 Å². The van der Waals surface area contributed by atoms with E-state index in [0.717, 1.165) is 36.2 Å². The Morgan fingerprint density at radius 3 is 2.45 bits per heavy atom. The highest BCUT2D eigenvalue weighted by Crippen LogP contribution is 2.21. The summed E-state index contributed by atoms with van der Waals surface area (Å²) in [6, 6.07) is 11.4. The molecule has 0 unspecified atom stereocenters. The van der Waals surface area contributed by atoms with Crippen LogP contribution in [0.2, 0.25) is 5.02 Å². The van der Waals surface area contributed by atoms with Crippen molar-refractivity contribution in [2.24, 2.45) is 0 Å². The first-order valence-corrected chi connectivity index (χ1v) is 7.78. The molecule has 0 fully saturated rings. The first kappa shape index (κ1) is 15.2. The minimum atomic E-state index is 0.0564. The molecule has 0 radical (unpaired) electrons. The fraction of sp³-hybridized carbons (Fsp3) is 0.312. The van der Waals surface area contributed by atoms with Crippen molar-refractivity contribution in [2.45, 2.75) is 32.1 Å². The van der Waals surface area contributed by atoms with Crippen LogP contribution in [0.15, 0.2) is 41.2 Å². The summed E-state index contributed by atoms with van der Waals surface area (Å²) in [7, 11) is 0. The maximum atomic E-state index is 12.5. The number of thiol groups is 1. The third kappa shape index (κ3) is 3.28. The van der Waals surface area contributed by atoms with Gasteiger partial charge in [-0.2, -0.15) is 12.6 Å². The second-order valence-corrected chi connectivity index (χ2v) is 5.47. The second-order valence-electron chi connectivity index (χ2n) is 4.72. The molecule has 1 heterocycles. The fourth-order valence-electron chi connectivity index (χ4n) is 2.15. The molecule has 0 saturated heterocycles. The number of benzene rings is 1. The monoisotopic (exact) mass is 307 g/mol. The van der Waals surface area contributed by atoms with Gasteiger partial charge in [-0.1, -0.05) is 43.1 Å². The molecule has 0 aliphatic heterocycles. The molecule has 0 atom stereocenters. The Kier molecular flexibility index (Phi) is 5.32. The SMILES string of the molecule is CCCCn1c(-c2ccc(Cl)cc2)ccc(CS)c1=O. The molecule has 1 aromatic carbocycles. The Hall–Kier alpha value is -1.19. The molecule has 0 amide bonds. The zero-order valence-corrected chi connectivity index (χ0v) is 13.1. The summed E-state index contributed by atoms with van der Waals surface area (Å²) >= 11 is 10.1. The summed E-state index contributed by atoms with van der Waals surface area (Å²) in [5.41, 5.74) is 2.74. The van der Waals surface area contributed by atoms with E-state index < -0.39 is 0 Å². The molecular formula is C16H18ClNOS. The van der Waals surface area contributed by atoms with Gasteiger partial charge in [-0.15, -0.1) is 0 Å². The van der Waals surface area contributed by atoms with Gasteiger partial charge in [0.25, 0.3) is 5.56 Å². The molecule has 0 aliphatic rings. The number of halogens is 1. The Labute approximate surface area is 129 Å². The Balaban J connectivity index is 2.54. The lowest BCUT2D eigenvalue weighted by Gasteiger charge is -2.14. The van der Waals surface area contributed by atoms with Gasteiger partial charge in [-0.3, -0.25) is 4.79 Å². The van der Waals surface area contributed by atoms with Gasteiger partial charge in [0.1, 0.15) is 0 Å². The molecule has 2 rings (SSSR count). The Morgan fingerprint density at radius 1 is 1.15 bits per heavy atom. The van der Waals surface area contributed by atoms with E-state index in [9.17, 15) is 4.79 Å². The van der Waals surface area contributed by atoms with Gasteiger partial charge in [0.05, 0.1) is 5.69 Å². The topological polar surface area (TPSA) is 22.0 Å². The van der Waals surface area contributed by atoms with Crippen LogP contribution < -0.4 is 5.56 Å². The standard InChI is InChI=1S/C16H18ClNOS/c1-2-3-10-18-15(9-6-13(11-20)16(18)19)12-4-7-14(17)8-5-12/h4-9,20H,2-3,10-11H2,1H3. The van der Waals surface area contributed by atoms with E-state index in [-0.39, 0.29) is 5.56 Å². The lowest BCUT2D eigenvalue weighted by molar-refractivity contribution is 0.616. The zero-order valence-electron chi connectivity index (χ0n) is 11.5. The summed E-state index contributed by atoms with van der Waals surface area (Å²) in [6.07, 6.45) is 2.04. The summed E-state index contributed by atoms with van der Waals surface area (Å²) in [6.45, 7) is 2.85. The summed E-state index contributed by atoms with van der Waals surface area (Å²) in [4.78, 5) is 12.5. The lowest BCUT2D eigenvalue weighted by Crippen LogP contribution is -2.24. The number of nitrogens with zero attached hydrogens (tertiary/aromatic N) is 1. The molecule has 0 spiro atoms. The van der Waals surface area contributed by atoms with Crippen molar-refractivity contribution in [3.8, 4) is 11.3 Å². The van der Waals surface area contributed by atoms with Gasteiger partial charge in [0.15, 0.2) is 0 Å². The van der Waals surface area contributed by atoms with E-state index in [1.807, 2.05) is 41.0 Å². The number of rotatable bonds is 5. The Bertz CT molecular complexity index is 634. The predicted molar refractivity (Wildman–Crippen MR) is 88.7 cm³/mol. The number of unbranched alkanes of at least 4 members (excludes halogenated alkanes) is 1. The van der Waals surface area contributed by atoms with E-state index in [1.54, 1.807) is 0 Å². The molecule has 1 aromatic heterocycles. The van der Waals surface area contributed by atoms with Crippen LogP contribution in [0.4, 0.5) is 0 Å². The van der Waals surface area contributed by atoms with Crippen LogP contribution in [0.1, 0.15) is 25.3 Å². The predicted octanol–water partition coefficient (Wildman–Crippen LogP) is 4.40. The van der Waals surface area contributed by atoms with Crippen molar-refractivity contribution < 1.29 is 0 Å². The van der Waals surface area contributed by atoms with Crippen molar-refractivity contribution in [3.05, 3.63) is 57.3 Å². The maximum Gasteiger partial charge on any atom is 0.255 e. The van der Waals surface area contributed by atoms with Crippen LogP contribution >= 0.6 is 24.2 Å². The molecule has 106 valence electrons. The van der Waals surface area contributed by atoms with Crippen LogP contribution in [0.25, 0.3) is 11.3 Å². The van der Waals surface area contributed by atoms with Gasteiger partial charge >= 0.3 is 0 Å². The molecule has 4 heteroatoms. The largest absolute Gasteiger partial charge is 0.308 e. The van der Waals surface area contributed by atoms with Gasteiger partial charge in [0.2, 0.25) is 0 Å². The molecule has 0 N–H and O–H groups in total. The third-order valence-corrected chi connectivity index (χ3v) is 3.89. The van der Waals surface area contributed by atoms with Crippen molar-refractivity contribution in [1.82, 2.24) is 4.57 Å². The number of pyridine rings is 1. The zero-order chi connectivity index (χ0) is 14.5. The van der Waals surface area contributed by atoms with Crippen LogP contribution in [-0.4, -0.2) is 4.57 Å². The molecule has 0 aliphatic carbocycles. The molecular weight excluding hydrogens is 290 g/mol. The van der Waals surface area contributed by atoms with Gasteiger partial charge in [-0.05, 0) is 30.2 Å². The summed E-state index contributed by atoms with van der Waals surface area (Å²) in [5.74, 6) is 0.464. The first-order chi connectivity index (χ1) is 9.67. The van der Waals surface area contributed by atoms with Crippen molar-refractivity contribution in [3.63, 3.8) is 0 Å². The van der Waals surface area contributed by atoms with Crippen molar-refractivity contribution >= 4 is 24.2 Å². The van der Waals surface area contributed by atoms with Gasteiger partial charge < -0.3 is 4.57 Å². The smallest absolute Gasteiger partial charge is 0.255 e. The van der Waals surface area contributed by atoms with E-state index >= 15 is 0 Å². The van der Waals surface area contributed by atoms with Crippen LogP contribution in [0.5, 0.6) is 0 Å². The van der Waals surface area contributed by atoms with E-state index in [0.29, 0.717) is 10.8 Å². The van der Waals surface area contributed by atoms with Crippen molar-refractivity contribution in [2.75, 3.05) is 0 Å². The molecule has 0 bridgehead atoms. The van der Waals surface area contributed by atoms with Crippen LogP contribution in [-0.2, 0) is 12.3 Å². The highest BCUT2D eigenvalue weighted by Gasteiger charge is 2.09. The molecule has 0 saturated carbocycles. The lowest BCUT2D eigenvalue weighted by atomic mass is 10.1. The highest BCUT2D eigenvalue weighted by atomic mass is 35.5. The minimum Gasteiger partial charge on any atom is -0.308 e. The third-order valence-electron chi connectivity index (χ3n) is 3.30. The van der Waals surface area contributed by atoms with Gasteiger partial charge in [-0.25, -0.2) is 0 Å². The van der Waals surface area contributed by atoms with E-state index in [2.05, 4.69) is 19.6 Å². The van der Waals surface area contributed by atoms with E-state index in [1.165, 1.54) is 0 Å². The molecule has 20 heavy (non-hydrogen) atoms. The average Bonchev–Trinajstić information content (AvgIpc) is 2.47. The van der Waals surface area contributed by atoms with Crippen LogP contribution in [0.3, 0.4) is 0 Å². The highest BCUT2D eigenvalue weighted by molar-refractivity contribution is 7.79. The summed E-state index contributed by atoms with van der Waals surface area (Å²) in [5, 5.41) is 0.697. The maximum absolute atomic E-state index is 12.5. The molecule has 2 nitrogen and oxygen atoms in total. The molecule has 2 aromatic rings. The first-order valence-electron chi connectivity index (χ1n) is 6.77. The van der Waals surface area contributed by atoms with Crippen LogP contribution in [0, 0.1) is 0 Å². The quantitative estimate of drug-likeness (QED) is 0.813. The Morgan fingerprint density at radius 2 is 1.85 bits per heavy atom. The number of hydrogen-bond acceptors (Lipinski definition) is 2. The minimum absolute atomic E-state index is 0.0564. The normalized spacial score (nSPS) is 10.8. The number of aromatic nitrogens is 1. The summed E-state index contributed by atoms with van der Waals surface area (Å²) < 4.78 is 1.85. The fourth-order valence-corrected chi connectivity index (χ4v) is 2.52.